The van der Waals surface area contributed by atoms with Crippen LogP contribution in [0.2, 0.25) is 0 Å². The Morgan fingerprint density at radius 1 is 0.591 bits per heavy atom. The Bertz CT molecular complexity index is 547. The van der Waals surface area contributed by atoms with Gasteiger partial charge in [-0.2, -0.15) is 10.5 Å². The molecule has 0 bridgehead atoms. The van der Waals surface area contributed by atoms with E-state index in [1.54, 1.807) is 47.0 Å². The van der Waals surface area contributed by atoms with Crippen LogP contribution in [-0.2, 0) is 0 Å². The van der Waals surface area contributed by atoms with Crippen molar-refractivity contribution >= 4 is 47.0 Å². The zero-order valence-electron chi connectivity index (χ0n) is 13.4. The molecule has 0 amide bonds. The zero-order chi connectivity index (χ0) is 16.5. The highest BCUT2D eigenvalue weighted by molar-refractivity contribution is 8.04. The van der Waals surface area contributed by atoms with E-state index >= 15 is 0 Å². The highest BCUT2D eigenvalue weighted by Gasteiger charge is 2.24. The SMILES string of the molecule is CCSc1c(C#N)c(C#N)c(SCC)c(SCC)c1SCC. The molecule has 0 aromatic heterocycles. The van der Waals surface area contributed by atoms with Gasteiger partial charge in [-0.1, -0.05) is 27.7 Å². The molecular formula is C16H20N2S4. The fourth-order valence-corrected chi connectivity index (χ4v) is 6.32. The molecular weight excluding hydrogens is 348 g/mol. The van der Waals surface area contributed by atoms with Gasteiger partial charge in [-0.3, -0.25) is 0 Å². The van der Waals surface area contributed by atoms with Gasteiger partial charge in [0.25, 0.3) is 0 Å². The van der Waals surface area contributed by atoms with E-state index in [1.807, 2.05) is 0 Å². The second kappa shape index (κ2) is 10.4. The lowest BCUT2D eigenvalue weighted by Gasteiger charge is -2.19. The molecule has 0 aliphatic rings. The van der Waals surface area contributed by atoms with Gasteiger partial charge in [0.2, 0.25) is 0 Å². The van der Waals surface area contributed by atoms with Crippen molar-refractivity contribution < 1.29 is 0 Å². The average molecular weight is 369 g/mol. The molecule has 1 aromatic rings. The third-order valence-electron chi connectivity index (χ3n) is 2.70. The summed E-state index contributed by atoms with van der Waals surface area (Å²) in [6.07, 6.45) is 0. The summed E-state index contributed by atoms with van der Waals surface area (Å²) in [5.41, 5.74) is 1.11. The molecule has 1 aromatic carbocycles. The van der Waals surface area contributed by atoms with Crippen molar-refractivity contribution in [3.05, 3.63) is 11.1 Å². The normalized spacial score (nSPS) is 10.3. The van der Waals surface area contributed by atoms with Gasteiger partial charge in [-0.05, 0) is 23.0 Å². The lowest BCUT2D eigenvalue weighted by Crippen LogP contribution is -2.00. The average Bonchev–Trinajstić information content (AvgIpc) is 2.52. The largest absolute Gasteiger partial charge is 0.192 e. The molecule has 0 heterocycles. The highest BCUT2D eigenvalue weighted by Crippen LogP contribution is 2.47. The molecule has 1 rings (SSSR count). The first-order valence-electron chi connectivity index (χ1n) is 7.25. The molecule has 0 radical (unpaired) electrons. The van der Waals surface area contributed by atoms with Gasteiger partial charge in [0.05, 0.1) is 11.1 Å². The summed E-state index contributed by atoms with van der Waals surface area (Å²) in [7, 11) is 0. The quantitative estimate of drug-likeness (QED) is 0.534. The fourth-order valence-electron chi connectivity index (χ4n) is 1.99. The number of nitrogens with zero attached hydrogens (tertiary/aromatic N) is 2. The molecule has 0 atom stereocenters. The standard InChI is InChI=1S/C16H20N2S4/c1-5-19-13-11(9-17)12(10-18)14(20-6-2)16(22-8-4)15(13)21-7-3/h5-8H2,1-4H3. The number of nitriles is 2. The van der Waals surface area contributed by atoms with Crippen molar-refractivity contribution in [3.8, 4) is 12.1 Å². The summed E-state index contributed by atoms with van der Waals surface area (Å²) >= 11 is 6.91. The highest BCUT2D eigenvalue weighted by atomic mass is 32.2. The molecule has 0 spiro atoms. The van der Waals surface area contributed by atoms with Crippen LogP contribution in [0.5, 0.6) is 0 Å². The van der Waals surface area contributed by atoms with Crippen LogP contribution in [-0.4, -0.2) is 23.0 Å². The molecule has 0 N–H and O–H groups in total. The van der Waals surface area contributed by atoms with E-state index < -0.39 is 0 Å². The second-order valence-corrected chi connectivity index (χ2v) is 9.12. The van der Waals surface area contributed by atoms with Gasteiger partial charge >= 0.3 is 0 Å². The van der Waals surface area contributed by atoms with Gasteiger partial charge in [0.15, 0.2) is 0 Å². The van der Waals surface area contributed by atoms with Crippen molar-refractivity contribution in [1.82, 2.24) is 0 Å². The van der Waals surface area contributed by atoms with Crippen LogP contribution in [0.15, 0.2) is 19.6 Å². The Morgan fingerprint density at radius 2 is 0.864 bits per heavy atom. The summed E-state index contributed by atoms with van der Waals surface area (Å²) in [6.45, 7) is 8.42. The maximum Gasteiger partial charge on any atom is 0.102 e. The first-order chi connectivity index (χ1) is 10.7. The molecule has 6 heteroatoms. The van der Waals surface area contributed by atoms with Gasteiger partial charge in [-0.25, -0.2) is 0 Å². The van der Waals surface area contributed by atoms with Crippen LogP contribution >= 0.6 is 47.0 Å². The van der Waals surface area contributed by atoms with E-state index in [-0.39, 0.29) is 0 Å². The van der Waals surface area contributed by atoms with E-state index in [1.165, 1.54) is 9.79 Å². The summed E-state index contributed by atoms with van der Waals surface area (Å²) in [5.74, 6) is 3.71. The van der Waals surface area contributed by atoms with Crippen molar-refractivity contribution in [2.75, 3.05) is 23.0 Å². The molecule has 2 nitrogen and oxygen atoms in total. The molecule has 0 saturated heterocycles. The molecule has 0 aliphatic carbocycles. The van der Waals surface area contributed by atoms with Crippen molar-refractivity contribution in [3.63, 3.8) is 0 Å². The van der Waals surface area contributed by atoms with Crippen LogP contribution in [0.3, 0.4) is 0 Å². The fraction of sp³-hybridized carbons (Fsp3) is 0.500. The maximum atomic E-state index is 9.62. The number of benzene rings is 1. The Labute approximate surface area is 150 Å². The number of hydrogen-bond donors (Lipinski definition) is 0. The number of hydrogen-bond acceptors (Lipinski definition) is 6. The lowest BCUT2D eigenvalue weighted by atomic mass is 10.1. The van der Waals surface area contributed by atoms with Gasteiger partial charge in [0.1, 0.15) is 12.1 Å². The monoisotopic (exact) mass is 368 g/mol. The topological polar surface area (TPSA) is 47.6 Å². The van der Waals surface area contributed by atoms with Crippen LogP contribution < -0.4 is 0 Å². The lowest BCUT2D eigenvalue weighted by molar-refractivity contribution is 1.000. The molecule has 118 valence electrons. The van der Waals surface area contributed by atoms with Crippen LogP contribution in [0, 0.1) is 22.7 Å². The van der Waals surface area contributed by atoms with Gasteiger partial charge < -0.3 is 0 Å². The molecule has 0 aliphatic heterocycles. The predicted octanol–water partition coefficient (Wildman–Crippen LogP) is 5.88. The minimum Gasteiger partial charge on any atom is -0.192 e. The predicted molar refractivity (Wildman–Crippen MR) is 101 cm³/mol. The van der Waals surface area contributed by atoms with E-state index in [9.17, 15) is 10.5 Å². The maximum absolute atomic E-state index is 9.62. The van der Waals surface area contributed by atoms with Crippen LogP contribution in [0.1, 0.15) is 38.8 Å². The van der Waals surface area contributed by atoms with E-state index in [2.05, 4.69) is 39.8 Å². The van der Waals surface area contributed by atoms with E-state index in [4.69, 9.17) is 0 Å². The number of rotatable bonds is 8. The second-order valence-electron chi connectivity index (χ2n) is 4.02. The van der Waals surface area contributed by atoms with Crippen molar-refractivity contribution in [1.29, 1.82) is 10.5 Å². The number of thioether (sulfide) groups is 4. The van der Waals surface area contributed by atoms with Crippen LogP contribution in [0.25, 0.3) is 0 Å². The Kier molecular flexibility index (Phi) is 9.28. The molecule has 0 fully saturated rings. The first-order valence-corrected chi connectivity index (χ1v) is 11.2. The molecule has 22 heavy (non-hydrogen) atoms. The van der Waals surface area contributed by atoms with E-state index in [0.717, 1.165) is 32.8 Å². The van der Waals surface area contributed by atoms with Crippen molar-refractivity contribution in [2.45, 2.75) is 47.3 Å². The third-order valence-corrected chi connectivity index (χ3v) is 7.03. The van der Waals surface area contributed by atoms with Gasteiger partial charge in [0, 0.05) is 19.6 Å². The smallest absolute Gasteiger partial charge is 0.102 e. The Balaban J connectivity index is 3.80. The minimum absolute atomic E-state index is 0.557. The van der Waals surface area contributed by atoms with E-state index in [0.29, 0.717) is 11.1 Å². The summed E-state index contributed by atoms with van der Waals surface area (Å²) in [4.78, 5) is 4.36. The zero-order valence-corrected chi connectivity index (χ0v) is 16.6. The van der Waals surface area contributed by atoms with Crippen molar-refractivity contribution in [2.24, 2.45) is 0 Å². The summed E-state index contributed by atoms with van der Waals surface area (Å²) < 4.78 is 0. The summed E-state index contributed by atoms with van der Waals surface area (Å²) in [6, 6.07) is 4.58. The van der Waals surface area contributed by atoms with Gasteiger partial charge in [-0.15, -0.1) is 47.0 Å². The molecule has 0 saturated carbocycles. The Morgan fingerprint density at radius 3 is 1.09 bits per heavy atom. The van der Waals surface area contributed by atoms with Crippen LogP contribution in [0.4, 0.5) is 0 Å². The minimum atomic E-state index is 0.557. The first kappa shape index (κ1) is 19.6. The molecule has 0 unspecified atom stereocenters. The summed E-state index contributed by atoms with van der Waals surface area (Å²) in [5, 5.41) is 19.2. The third kappa shape index (κ3) is 4.32. The Hall–Kier alpha value is -0.400.